The number of carbonyl (C=O) groups is 1. The van der Waals surface area contributed by atoms with E-state index in [0.717, 1.165) is 11.1 Å². The van der Waals surface area contributed by atoms with Crippen LogP contribution in [0.4, 0.5) is 0 Å². The lowest BCUT2D eigenvalue weighted by Gasteiger charge is -2.23. The van der Waals surface area contributed by atoms with Gasteiger partial charge in [0, 0.05) is 43.4 Å². The number of amides is 1. The second-order valence-electron chi connectivity index (χ2n) is 5.24. The molecule has 3 rings (SSSR count). The number of carbonyl (C=O) groups excluding carboxylic acids is 1. The second-order valence-corrected chi connectivity index (χ2v) is 5.24. The van der Waals surface area contributed by atoms with E-state index in [-0.39, 0.29) is 5.91 Å². The largest absolute Gasteiger partial charge is 0.330 e. The summed E-state index contributed by atoms with van der Waals surface area (Å²) >= 11 is 0. The molecule has 0 fully saturated rings. The Hall–Kier alpha value is -3.01. The number of aromatic nitrogens is 2. The Balaban J connectivity index is 1.85. The number of pyridine rings is 2. The smallest absolute Gasteiger partial charge is 0.254 e. The molecule has 1 amide bonds. The van der Waals surface area contributed by atoms with Crippen molar-refractivity contribution in [2.75, 3.05) is 0 Å². The normalized spacial score (nSPS) is 10.3. The fourth-order valence-electron chi connectivity index (χ4n) is 2.39. The molecule has 0 radical (unpaired) electrons. The molecular formula is C19H17N3O. The Morgan fingerprint density at radius 1 is 0.783 bits per heavy atom. The fourth-order valence-corrected chi connectivity index (χ4v) is 2.39. The molecule has 0 unspecified atom stereocenters. The Morgan fingerprint density at radius 3 is 2.17 bits per heavy atom. The monoisotopic (exact) mass is 303 g/mol. The summed E-state index contributed by atoms with van der Waals surface area (Å²) in [6.07, 6.45) is 6.80. The van der Waals surface area contributed by atoms with E-state index in [2.05, 4.69) is 9.97 Å². The van der Waals surface area contributed by atoms with E-state index in [1.165, 1.54) is 0 Å². The predicted octanol–water partition coefficient (Wildman–Crippen LogP) is 3.32. The summed E-state index contributed by atoms with van der Waals surface area (Å²) in [5.41, 5.74) is 2.74. The third-order valence-corrected chi connectivity index (χ3v) is 3.53. The van der Waals surface area contributed by atoms with Gasteiger partial charge in [0.2, 0.25) is 0 Å². The van der Waals surface area contributed by atoms with Gasteiger partial charge in [0.1, 0.15) is 0 Å². The van der Waals surface area contributed by atoms with Crippen molar-refractivity contribution in [3.8, 4) is 0 Å². The maximum Gasteiger partial charge on any atom is 0.254 e. The molecule has 0 aliphatic carbocycles. The van der Waals surface area contributed by atoms with Crippen molar-refractivity contribution in [1.82, 2.24) is 14.9 Å². The van der Waals surface area contributed by atoms with Crippen LogP contribution in [0.2, 0.25) is 0 Å². The van der Waals surface area contributed by atoms with Gasteiger partial charge in [0.15, 0.2) is 0 Å². The second kappa shape index (κ2) is 7.31. The van der Waals surface area contributed by atoms with Crippen LogP contribution < -0.4 is 0 Å². The van der Waals surface area contributed by atoms with E-state index >= 15 is 0 Å². The van der Waals surface area contributed by atoms with Crippen LogP contribution in [-0.2, 0) is 13.1 Å². The molecule has 114 valence electrons. The zero-order valence-corrected chi connectivity index (χ0v) is 12.7. The standard InChI is InChI=1S/C19H17N3O/c23-19(18-8-11-20-12-9-18)22(14-16-5-2-1-3-6-16)15-17-7-4-10-21-13-17/h1-13H,14-15H2. The van der Waals surface area contributed by atoms with Crippen molar-refractivity contribution in [3.63, 3.8) is 0 Å². The predicted molar refractivity (Wildman–Crippen MR) is 88.5 cm³/mol. The molecule has 0 saturated heterocycles. The molecule has 0 atom stereocenters. The van der Waals surface area contributed by atoms with Crippen LogP contribution in [0, 0.1) is 0 Å². The Morgan fingerprint density at radius 2 is 1.48 bits per heavy atom. The maximum absolute atomic E-state index is 12.8. The Kier molecular flexibility index (Phi) is 4.74. The molecule has 2 aromatic heterocycles. The average Bonchev–Trinajstić information content (AvgIpc) is 2.63. The molecule has 4 nitrogen and oxygen atoms in total. The van der Waals surface area contributed by atoms with Gasteiger partial charge in [-0.05, 0) is 29.3 Å². The first-order valence-corrected chi connectivity index (χ1v) is 7.45. The first-order valence-electron chi connectivity index (χ1n) is 7.45. The number of nitrogens with zero attached hydrogens (tertiary/aromatic N) is 3. The minimum Gasteiger partial charge on any atom is -0.330 e. The molecule has 0 saturated carbocycles. The van der Waals surface area contributed by atoms with Crippen LogP contribution in [0.5, 0.6) is 0 Å². The van der Waals surface area contributed by atoms with Gasteiger partial charge in [-0.2, -0.15) is 0 Å². The Bertz CT molecular complexity index is 704. The Labute approximate surface area is 135 Å². The summed E-state index contributed by atoms with van der Waals surface area (Å²) in [6, 6.07) is 17.3. The SMILES string of the molecule is O=C(c1ccncc1)N(Cc1ccccc1)Cc1cccnc1. The highest BCUT2D eigenvalue weighted by Crippen LogP contribution is 2.13. The van der Waals surface area contributed by atoms with Crippen LogP contribution in [0.25, 0.3) is 0 Å². The molecule has 0 spiro atoms. The lowest BCUT2D eigenvalue weighted by Crippen LogP contribution is -2.30. The van der Waals surface area contributed by atoms with Gasteiger partial charge in [-0.1, -0.05) is 36.4 Å². The summed E-state index contributed by atoms with van der Waals surface area (Å²) in [7, 11) is 0. The summed E-state index contributed by atoms with van der Waals surface area (Å²) in [4.78, 5) is 22.8. The average molecular weight is 303 g/mol. The van der Waals surface area contributed by atoms with E-state index in [0.29, 0.717) is 18.7 Å². The van der Waals surface area contributed by atoms with Crippen molar-refractivity contribution >= 4 is 5.91 Å². The molecule has 0 aliphatic rings. The van der Waals surface area contributed by atoms with Gasteiger partial charge in [-0.15, -0.1) is 0 Å². The zero-order valence-electron chi connectivity index (χ0n) is 12.7. The zero-order chi connectivity index (χ0) is 15.9. The third kappa shape index (κ3) is 4.01. The van der Waals surface area contributed by atoms with Gasteiger partial charge in [-0.25, -0.2) is 0 Å². The molecule has 3 aromatic rings. The first-order chi connectivity index (χ1) is 11.3. The molecule has 23 heavy (non-hydrogen) atoms. The van der Waals surface area contributed by atoms with Crippen molar-refractivity contribution in [2.45, 2.75) is 13.1 Å². The number of hydrogen-bond acceptors (Lipinski definition) is 3. The fraction of sp³-hybridized carbons (Fsp3) is 0.105. The van der Waals surface area contributed by atoms with Crippen LogP contribution in [0.1, 0.15) is 21.5 Å². The maximum atomic E-state index is 12.8. The topological polar surface area (TPSA) is 46.1 Å². The van der Waals surface area contributed by atoms with Crippen LogP contribution >= 0.6 is 0 Å². The van der Waals surface area contributed by atoms with Gasteiger partial charge in [0.05, 0.1) is 0 Å². The summed E-state index contributed by atoms with van der Waals surface area (Å²) in [6.45, 7) is 1.07. The van der Waals surface area contributed by atoms with E-state index < -0.39 is 0 Å². The third-order valence-electron chi connectivity index (χ3n) is 3.53. The van der Waals surface area contributed by atoms with E-state index in [1.54, 1.807) is 36.9 Å². The minimum atomic E-state index is -0.0138. The molecule has 1 aromatic carbocycles. The molecule has 0 N–H and O–H groups in total. The quantitative estimate of drug-likeness (QED) is 0.726. The van der Waals surface area contributed by atoms with Gasteiger partial charge < -0.3 is 4.90 Å². The summed E-state index contributed by atoms with van der Waals surface area (Å²) in [5, 5.41) is 0. The van der Waals surface area contributed by atoms with Crippen LogP contribution in [-0.4, -0.2) is 20.8 Å². The lowest BCUT2D eigenvalue weighted by molar-refractivity contribution is 0.0730. The number of hydrogen-bond donors (Lipinski definition) is 0. The number of benzene rings is 1. The highest BCUT2D eigenvalue weighted by atomic mass is 16.2. The minimum absolute atomic E-state index is 0.0138. The lowest BCUT2D eigenvalue weighted by atomic mass is 10.1. The van der Waals surface area contributed by atoms with E-state index in [4.69, 9.17) is 0 Å². The van der Waals surface area contributed by atoms with Crippen molar-refractivity contribution < 1.29 is 4.79 Å². The molecule has 0 bridgehead atoms. The van der Waals surface area contributed by atoms with Gasteiger partial charge in [-0.3, -0.25) is 14.8 Å². The number of rotatable bonds is 5. The van der Waals surface area contributed by atoms with E-state index in [9.17, 15) is 4.79 Å². The van der Waals surface area contributed by atoms with Crippen molar-refractivity contribution in [1.29, 1.82) is 0 Å². The highest BCUT2D eigenvalue weighted by Gasteiger charge is 2.16. The first kappa shape index (κ1) is 14.9. The summed E-state index contributed by atoms with van der Waals surface area (Å²) < 4.78 is 0. The molecular weight excluding hydrogens is 286 g/mol. The van der Waals surface area contributed by atoms with Crippen molar-refractivity contribution in [3.05, 3.63) is 96.1 Å². The van der Waals surface area contributed by atoms with Crippen LogP contribution in [0.15, 0.2) is 79.4 Å². The molecule has 4 heteroatoms. The van der Waals surface area contributed by atoms with Crippen molar-refractivity contribution in [2.24, 2.45) is 0 Å². The van der Waals surface area contributed by atoms with Crippen LogP contribution in [0.3, 0.4) is 0 Å². The summed E-state index contributed by atoms with van der Waals surface area (Å²) in [5.74, 6) is -0.0138. The molecule has 2 heterocycles. The van der Waals surface area contributed by atoms with Gasteiger partial charge in [0.25, 0.3) is 5.91 Å². The molecule has 0 aliphatic heterocycles. The van der Waals surface area contributed by atoms with E-state index in [1.807, 2.05) is 47.4 Å². The van der Waals surface area contributed by atoms with Gasteiger partial charge >= 0.3 is 0 Å². The highest BCUT2D eigenvalue weighted by molar-refractivity contribution is 5.94.